The van der Waals surface area contributed by atoms with Crippen molar-refractivity contribution < 1.29 is 9.32 Å². The molecule has 0 atom stereocenters. The second-order valence-corrected chi connectivity index (χ2v) is 6.45. The van der Waals surface area contributed by atoms with Crippen molar-refractivity contribution in [3.63, 3.8) is 0 Å². The van der Waals surface area contributed by atoms with Gasteiger partial charge in [0.05, 0.1) is 0 Å². The van der Waals surface area contributed by atoms with Crippen LogP contribution >= 0.6 is 0 Å². The quantitative estimate of drug-likeness (QED) is 0.777. The van der Waals surface area contributed by atoms with E-state index in [1.165, 1.54) is 5.56 Å². The first-order valence-corrected chi connectivity index (χ1v) is 8.26. The van der Waals surface area contributed by atoms with Crippen LogP contribution in [0.1, 0.15) is 35.3 Å². The Kier molecular flexibility index (Phi) is 4.65. The molecule has 0 bridgehead atoms. The van der Waals surface area contributed by atoms with Gasteiger partial charge in [-0.05, 0) is 51.5 Å². The molecule has 5 heteroatoms. The summed E-state index contributed by atoms with van der Waals surface area (Å²) < 4.78 is 5.43. The van der Waals surface area contributed by atoms with E-state index in [2.05, 4.69) is 21.5 Å². The van der Waals surface area contributed by atoms with Crippen LogP contribution in [0.25, 0.3) is 22.8 Å². The lowest BCUT2D eigenvalue weighted by Crippen LogP contribution is -2.30. The van der Waals surface area contributed by atoms with Crippen molar-refractivity contribution >= 4 is 5.91 Å². The molecular weight excluding hydrogens is 314 g/mol. The molecule has 1 amide bonds. The summed E-state index contributed by atoms with van der Waals surface area (Å²) in [6, 6.07) is 13.4. The number of hydrogen-bond donors (Lipinski definition) is 1. The molecule has 128 valence electrons. The van der Waals surface area contributed by atoms with Gasteiger partial charge in [0.1, 0.15) is 0 Å². The number of hydrogen-bond acceptors (Lipinski definition) is 4. The molecule has 1 heterocycles. The van der Waals surface area contributed by atoms with Crippen molar-refractivity contribution in [3.8, 4) is 22.8 Å². The maximum atomic E-state index is 12.2. The van der Waals surface area contributed by atoms with Crippen LogP contribution in [-0.4, -0.2) is 22.1 Å². The Morgan fingerprint density at radius 1 is 1.12 bits per heavy atom. The lowest BCUT2D eigenvalue weighted by molar-refractivity contribution is 0.0943. The Bertz CT molecular complexity index is 913. The van der Waals surface area contributed by atoms with Gasteiger partial charge in [-0.25, -0.2) is 0 Å². The van der Waals surface area contributed by atoms with Gasteiger partial charge in [-0.15, -0.1) is 0 Å². The third kappa shape index (κ3) is 3.76. The van der Waals surface area contributed by atoms with Crippen molar-refractivity contribution in [3.05, 3.63) is 59.2 Å². The average Bonchev–Trinajstić information content (AvgIpc) is 3.04. The third-order valence-electron chi connectivity index (χ3n) is 3.84. The number of carbonyl (C=O) groups is 1. The Morgan fingerprint density at radius 3 is 2.64 bits per heavy atom. The monoisotopic (exact) mass is 335 g/mol. The molecule has 0 spiro atoms. The zero-order chi connectivity index (χ0) is 18.0. The number of benzene rings is 2. The van der Waals surface area contributed by atoms with Crippen LogP contribution in [0, 0.1) is 13.8 Å². The molecule has 0 radical (unpaired) electrons. The molecule has 0 aliphatic rings. The fourth-order valence-electron chi connectivity index (χ4n) is 2.65. The van der Waals surface area contributed by atoms with E-state index in [1.54, 1.807) is 12.1 Å². The highest BCUT2D eigenvalue weighted by Gasteiger charge is 2.14. The molecule has 0 saturated carbocycles. The molecule has 1 N–H and O–H groups in total. The van der Waals surface area contributed by atoms with E-state index in [4.69, 9.17) is 4.52 Å². The minimum absolute atomic E-state index is 0.0810. The predicted octanol–water partition coefficient (Wildman–Crippen LogP) is 4.16. The van der Waals surface area contributed by atoms with Gasteiger partial charge in [-0.2, -0.15) is 4.98 Å². The van der Waals surface area contributed by atoms with E-state index < -0.39 is 0 Å². The summed E-state index contributed by atoms with van der Waals surface area (Å²) >= 11 is 0. The first-order valence-electron chi connectivity index (χ1n) is 8.26. The van der Waals surface area contributed by atoms with Crippen LogP contribution in [0.15, 0.2) is 47.0 Å². The van der Waals surface area contributed by atoms with E-state index in [0.717, 1.165) is 16.7 Å². The lowest BCUT2D eigenvalue weighted by atomic mass is 10.1. The highest BCUT2D eigenvalue weighted by Crippen LogP contribution is 2.25. The highest BCUT2D eigenvalue weighted by molar-refractivity contribution is 5.95. The Hall–Kier alpha value is -2.95. The van der Waals surface area contributed by atoms with Crippen LogP contribution < -0.4 is 5.32 Å². The number of aromatic nitrogens is 2. The summed E-state index contributed by atoms with van der Waals surface area (Å²) in [6.45, 7) is 7.92. The topological polar surface area (TPSA) is 68.0 Å². The molecule has 1 aromatic heterocycles. The number of amides is 1. The molecule has 3 aromatic rings. The lowest BCUT2D eigenvalue weighted by Gasteiger charge is -2.08. The van der Waals surface area contributed by atoms with E-state index in [0.29, 0.717) is 17.3 Å². The minimum Gasteiger partial charge on any atom is -0.350 e. The van der Waals surface area contributed by atoms with Crippen molar-refractivity contribution in [2.75, 3.05) is 0 Å². The molecule has 25 heavy (non-hydrogen) atoms. The van der Waals surface area contributed by atoms with Crippen molar-refractivity contribution in [2.45, 2.75) is 33.7 Å². The number of rotatable bonds is 4. The number of nitrogens with zero attached hydrogens (tertiary/aromatic N) is 2. The average molecular weight is 335 g/mol. The highest BCUT2D eigenvalue weighted by atomic mass is 16.5. The Morgan fingerprint density at radius 2 is 1.92 bits per heavy atom. The summed E-state index contributed by atoms with van der Waals surface area (Å²) in [5.74, 6) is 0.827. The van der Waals surface area contributed by atoms with Crippen molar-refractivity contribution in [1.29, 1.82) is 0 Å². The second-order valence-electron chi connectivity index (χ2n) is 6.45. The van der Waals surface area contributed by atoms with Gasteiger partial charge in [0, 0.05) is 22.7 Å². The molecular formula is C20H21N3O2. The Labute approximate surface area is 147 Å². The van der Waals surface area contributed by atoms with Gasteiger partial charge in [0.25, 0.3) is 11.8 Å². The smallest absolute Gasteiger partial charge is 0.258 e. The predicted molar refractivity (Wildman–Crippen MR) is 97.2 cm³/mol. The zero-order valence-corrected chi connectivity index (χ0v) is 14.8. The third-order valence-corrected chi connectivity index (χ3v) is 3.84. The molecule has 0 unspecified atom stereocenters. The molecule has 0 aliphatic heterocycles. The van der Waals surface area contributed by atoms with E-state index >= 15 is 0 Å². The molecule has 0 saturated heterocycles. The summed E-state index contributed by atoms with van der Waals surface area (Å²) in [4.78, 5) is 16.7. The Balaban J connectivity index is 1.91. The van der Waals surface area contributed by atoms with E-state index in [-0.39, 0.29) is 11.9 Å². The number of nitrogens with one attached hydrogen (secondary N) is 1. The molecule has 2 aromatic carbocycles. The van der Waals surface area contributed by atoms with Crippen LogP contribution in [0.3, 0.4) is 0 Å². The summed E-state index contributed by atoms with van der Waals surface area (Å²) in [6.07, 6.45) is 0. The fourth-order valence-corrected chi connectivity index (χ4v) is 2.65. The minimum atomic E-state index is -0.116. The number of carbonyl (C=O) groups excluding carboxylic acids is 1. The molecule has 5 nitrogen and oxygen atoms in total. The van der Waals surface area contributed by atoms with Gasteiger partial charge >= 0.3 is 0 Å². The molecule has 0 fully saturated rings. The van der Waals surface area contributed by atoms with Crippen LogP contribution in [0.4, 0.5) is 0 Å². The van der Waals surface area contributed by atoms with E-state index in [9.17, 15) is 4.79 Å². The summed E-state index contributed by atoms with van der Waals surface area (Å²) in [5.41, 5.74) is 4.50. The van der Waals surface area contributed by atoms with Gasteiger partial charge in [-0.3, -0.25) is 4.79 Å². The summed E-state index contributed by atoms with van der Waals surface area (Å²) in [5, 5.41) is 6.95. The van der Waals surface area contributed by atoms with E-state index in [1.807, 2.05) is 52.0 Å². The zero-order valence-electron chi connectivity index (χ0n) is 14.8. The van der Waals surface area contributed by atoms with Crippen molar-refractivity contribution in [2.24, 2.45) is 0 Å². The largest absolute Gasteiger partial charge is 0.350 e. The second kappa shape index (κ2) is 6.89. The molecule has 0 aliphatic carbocycles. The molecule has 3 rings (SSSR count). The van der Waals surface area contributed by atoms with Gasteiger partial charge < -0.3 is 9.84 Å². The maximum Gasteiger partial charge on any atom is 0.258 e. The first kappa shape index (κ1) is 16.9. The van der Waals surface area contributed by atoms with Crippen molar-refractivity contribution in [1.82, 2.24) is 15.5 Å². The van der Waals surface area contributed by atoms with Gasteiger partial charge in [0.15, 0.2) is 0 Å². The van der Waals surface area contributed by atoms with Gasteiger partial charge in [-0.1, -0.05) is 35.0 Å². The normalized spacial score (nSPS) is 10.9. The first-order chi connectivity index (χ1) is 11.9. The van der Waals surface area contributed by atoms with Crippen LogP contribution in [-0.2, 0) is 0 Å². The van der Waals surface area contributed by atoms with Crippen LogP contribution in [0.5, 0.6) is 0 Å². The standard InChI is InChI=1S/C20H21N3O2/c1-12(2)21-19(24)16-7-5-6-15(11-16)18-22-20(25-23-18)17-9-8-13(3)10-14(17)4/h5-12H,1-4H3,(H,21,24). The van der Waals surface area contributed by atoms with Gasteiger partial charge in [0.2, 0.25) is 5.82 Å². The fraction of sp³-hybridized carbons (Fsp3) is 0.250. The van der Waals surface area contributed by atoms with Crippen LogP contribution in [0.2, 0.25) is 0 Å². The summed E-state index contributed by atoms with van der Waals surface area (Å²) in [7, 11) is 0. The number of aryl methyl sites for hydroxylation is 2. The maximum absolute atomic E-state index is 12.2. The SMILES string of the molecule is Cc1ccc(-c2nc(-c3cccc(C(=O)NC(C)C)c3)no2)c(C)c1.